The fourth-order valence-corrected chi connectivity index (χ4v) is 3.16. The summed E-state index contributed by atoms with van der Waals surface area (Å²) in [6.45, 7) is 2.10. The van der Waals surface area contributed by atoms with Crippen LogP contribution in [0.1, 0.15) is 21.5 Å². The van der Waals surface area contributed by atoms with Crippen molar-refractivity contribution in [2.45, 2.75) is 18.4 Å². The Bertz CT molecular complexity index is 866. The monoisotopic (exact) mass is 369 g/mol. The Morgan fingerprint density at radius 3 is 2.73 bits per heavy atom. The lowest BCUT2D eigenvalue weighted by molar-refractivity contribution is -0.125. The van der Waals surface area contributed by atoms with Gasteiger partial charge in [0.25, 0.3) is 5.91 Å². The highest BCUT2D eigenvalue weighted by Gasteiger charge is 2.28. The van der Waals surface area contributed by atoms with Crippen LogP contribution in [0.4, 0.5) is 10.5 Å². The van der Waals surface area contributed by atoms with E-state index in [1.54, 1.807) is 30.0 Å². The van der Waals surface area contributed by atoms with Gasteiger partial charge in [-0.1, -0.05) is 18.2 Å². The first-order valence-electron chi connectivity index (χ1n) is 8.11. The lowest BCUT2D eigenvalue weighted by Gasteiger charge is -2.14. The predicted molar refractivity (Wildman–Crippen MR) is 101 cm³/mol. The summed E-state index contributed by atoms with van der Waals surface area (Å²) in [7, 11) is 0. The molecule has 6 nitrogen and oxygen atoms in total. The molecule has 2 aromatic carbocycles. The van der Waals surface area contributed by atoms with E-state index in [-0.39, 0.29) is 24.9 Å². The number of nitrogens with one attached hydrogen (secondary N) is 2. The number of imide groups is 1. The number of nitrogens with zero attached hydrogens (tertiary/aromatic N) is 1. The second kappa shape index (κ2) is 7.61. The van der Waals surface area contributed by atoms with Crippen molar-refractivity contribution in [2.24, 2.45) is 0 Å². The van der Waals surface area contributed by atoms with Gasteiger partial charge in [-0.3, -0.25) is 14.5 Å². The van der Waals surface area contributed by atoms with E-state index in [1.807, 2.05) is 37.4 Å². The maximum Gasteiger partial charge on any atom is 0.324 e. The second-order valence-electron chi connectivity index (χ2n) is 5.97. The zero-order valence-corrected chi connectivity index (χ0v) is 15.4. The van der Waals surface area contributed by atoms with Gasteiger partial charge in [0, 0.05) is 16.1 Å². The van der Waals surface area contributed by atoms with Crippen molar-refractivity contribution in [1.82, 2.24) is 10.2 Å². The Morgan fingerprint density at radius 2 is 2.04 bits per heavy atom. The highest BCUT2D eigenvalue weighted by molar-refractivity contribution is 7.98. The summed E-state index contributed by atoms with van der Waals surface area (Å²) in [6.07, 6.45) is 1.96. The van der Waals surface area contributed by atoms with E-state index in [4.69, 9.17) is 0 Å². The van der Waals surface area contributed by atoms with Crippen LogP contribution >= 0.6 is 11.8 Å². The van der Waals surface area contributed by atoms with Crippen LogP contribution < -0.4 is 10.6 Å². The highest BCUT2D eigenvalue weighted by Crippen LogP contribution is 2.21. The molecule has 7 heteroatoms. The highest BCUT2D eigenvalue weighted by atomic mass is 32.2. The SMILES string of the molecule is CSc1ccc(C)c(C(=O)Nc2cccc(CN3C(=O)CNC3=O)c2)c1. The minimum atomic E-state index is -0.394. The van der Waals surface area contributed by atoms with Gasteiger partial charge in [-0.05, 0) is 48.6 Å². The Hall–Kier alpha value is -2.80. The van der Waals surface area contributed by atoms with Crippen molar-refractivity contribution in [3.8, 4) is 0 Å². The molecule has 1 saturated heterocycles. The van der Waals surface area contributed by atoms with Crippen molar-refractivity contribution in [3.63, 3.8) is 0 Å². The molecule has 0 atom stereocenters. The van der Waals surface area contributed by atoms with E-state index in [0.717, 1.165) is 20.9 Å². The van der Waals surface area contributed by atoms with Crippen LogP contribution in [0.3, 0.4) is 0 Å². The van der Waals surface area contributed by atoms with Crippen LogP contribution in [-0.2, 0) is 11.3 Å². The molecule has 0 saturated carbocycles. The number of anilines is 1. The number of hydrogen-bond acceptors (Lipinski definition) is 4. The molecule has 2 N–H and O–H groups in total. The summed E-state index contributed by atoms with van der Waals surface area (Å²) in [4.78, 5) is 38.2. The number of hydrogen-bond donors (Lipinski definition) is 2. The minimum Gasteiger partial charge on any atom is -0.329 e. The zero-order valence-electron chi connectivity index (χ0n) is 14.5. The number of thioether (sulfide) groups is 1. The molecule has 1 fully saturated rings. The minimum absolute atomic E-state index is 0.0281. The molecule has 4 amide bonds. The summed E-state index contributed by atoms with van der Waals surface area (Å²) in [6, 6.07) is 12.5. The maximum absolute atomic E-state index is 12.6. The molecule has 26 heavy (non-hydrogen) atoms. The molecule has 1 aliphatic rings. The summed E-state index contributed by atoms with van der Waals surface area (Å²) >= 11 is 1.58. The first kappa shape index (κ1) is 18.0. The van der Waals surface area contributed by atoms with Crippen LogP contribution in [-0.4, -0.2) is 35.5 Å². The van der Waals surface area contributed by atoms with Gasteiger partial charge in [0.15, 0.2) is 0 Å². The first-order valence-corrected chi connectivity index (χ1v) is 9.33. The number of aryl methyl sites for hydroxylation is 1. The third-order valence-electron chi connectivity index (χ3n) is 4.15. The van der Waals surface area contributed by atoms with E-state index in [9.17, 15) is 14.4 Å². The van der Waals surface area contributed by atoms with E-state index in [1.165, 1.54) is 0 Å². The third kappa shape index (κ3) is 3.88. The molecule has 0 radical (unpaired) electrons. The molecule has 1 heterocycles. The zero-order chi connectivity index (χ0) is 18.7. The normalized spacial score (nSPS) is 13.7. The summed E-state index contributed by atoms with van der Waals surface area (Å²) in [5.41, 5.74) is 2.91. The van der Waals surface area contributed by atoms with E-state index in [0.29, 0.717) is 11.3 Å². The van der Waals surface area contributed by atoms with Gasteiger partial charge in [0.2, 0.25) is 5.91 Å². The fraction of sp³-hybridized carbons (Fsp3) is 0.211. The molecule has 0 aromatic heterocycles. The number of carbonyl (C=O) groups is 3. The Balaban J connectivity index is 1.75. The van der Waals surface area contributed by atoms with Crippen molar-refractivity contribution >= 4 is 35.3 Å². The lowest BCUT2D eigenvalue weighted by Crippen LogP contribution is -2.30. The van der Waals surface area contributed by atoms with Crippen molar-refractivity contribution in [3.05, 3.63) is 59.2 Å². The van der Waals surface area contributed by atoms with Gasteiger partial charge in [-0.2, -0.15) is 0 Å². The van der Waals surface area contributed by atoms with Crippen LogP contribution in [0.25, 0.3) is 0 Å². The predicted octanol–water partition coefficient (Wildman–Crippen LogP) is 3.02. The topological polar surface area (TPSA) is 78.5 Å². The fourth-order valence-electron chi connectivity index (χ4n) is 2.72. The average molecular weight is 369 g/mol. The van der Waals surface area contributed by atoms with Crippen LogP contribution in [0, 0.1) is 6.92 Å². The molecular weight excluding hydrogens is 350 g/mol. The first-order chi connectivity index (χ1) is 12.5. The number of carbonyl (C=O) groups excluding carboxylic acids is 3. The maximum atomic E-state index is 12.6. The van der Waals surface area contributed by atoms with Crippen molar-refractivity contribution < 1.29 is 14.4 Å². The number of amides is 4. The smallest absolute Gasteiger partial charge is 0.324 e. The average Bonchev–Trinajstić information content (AvgIpc) is 2.94. The standard InChI is InChI=1S/C19H19N3O3S/c1-12-6-7-15(26-2)9-16(12)18(24)21-14-5-3-4-13(8-14)11-22-17(23)10-20-19(22)25/h3-9H,10-11H2,1-2H3,(H,20,25)(H,21,24). The van der Waals surface area contributed by atoms with Crippen molar-refractivity contribution in [2.75, 3.05) is 18.1 Å². The van der Waals surface area contributed by atoms with Gasteiger partial charge in [0.05, 0.1) is 13.1 Å². The second-order valence-corrected chi connectivity index (χ2v) is 6.85. The van der Waals surface area contributed by atoms with Crippen LogP contribution in [0.15, 0.2) is 47.4 Å². The summed E-state index contributed by atoms with van der Waals surface area (Å²) in [5.74, 6) is -0.445. The third-order valence-corrected chi connectivity index (χ3v) is 4.88. The summed E-state index contributed by atoms with van der Waals surface area (Å²) < 4.78 is 0. The molecule has 0 bridgehead atoms. The molecule has 1 aliphatic heterocycles. The van der Waals surface area contributed by atoms with Gasteiger partial charge in [0.1, 0.15) is 0 Å². The van der Waals surface area contributed by atoms with Crippen molar-refractivity contribution in [1.29, 1.82) is 0 Å². The molecule has 134 valence electrons. The Morgan fingerprint density at radius 1 is 1.23 bits per heavy atom. The Labute approximate surface area is 156 Å². The molecular formula is C19H19N3O3S. The number of benzene rings is 2. The van der Waals surface area contributed by atoms with Gasteiger partial charge in [-0.15, -0.1) is 11.8 Å². The van der Waals surface area contributed by atoms with E-state index < -0.39 is 6.03 Å². The van der Waals surface area contributed by atoms with E-state index >= 15 is 0 Å². The van der Waals surface area contributed by atoms with Gasteiger partial charge < -0.3 is 10.6 Å². The largest absolute Gasteiger partial charge is 0.329 e. The number of rotatable bonds is 5. The molecule has 2 aromatic rings. The molecule has 3 rings (SSSR count). The lowest BCUT2D eigenvalue weighted by atomic mass is 10.1. The molecule has 0 unspecified atom stereocenters. The molecule has 0 aliphatic carbocycles. The quantitative estimate of drug-likeness (QED) is 0.627. The van der Waals surface area contributed by atoms with Gasteiger partial charge in [-0.25, -0.2) is 4.79 Å². The van der Waals surface area contributed by atoms with Crippen LogP contribution in [0.5, 0.6) is 0 Å². The van der Waals surface area contributed by atoms with E-state index in [2.05, 4.69) is 10.6 Å². The van der Waals surface area contributed by atoms with Gasteiger partial charge >= 0.3 is 6.03 Å². The summed E-state index contributed by atoms with van der Waals surface area (Å²) in [5, 5.41) is 5.38. The van der Waals surface area contributed by atoms with Crippen LogP contribution in [0.2, 0.25) is 0 Å². The number of urea groups is 1. The Kier molecular flexibility index (Phi) is 5.27. The molecule has 0 spiro atoms.